The van der Waals surface area contributed by atoms with E-state index in [2.05, 4.69) is 25.9 Å². The zero-order valence-corrected chi connectivity index (χ0v) is 8.66. The second-order valence-electron chi connectivity index (χ2n) is 2.18. The van der Waals surface area contributed by atoms with E-state index in [1.807, 2.05) is 0 Å². The minimum absolute atomic E-state index is 0.338. The van der Waals surface area contributed by atoms with E-state index >= 15 is 0 Å². The number of sulfone groups is 1. The molecule has 13 heavy (non-hydrogen) atoms. The van der Waals surface area contributed by atoms with Gasteiger partial charge in [-0.2, -0.15) is 18.7 Å². The highest BCUT2D eigenvalue weighted by Crippen LogP contribution is 2.16. The molecule has 1 aromatic rings. The fourth-order valence-corrected chi connectivity index (χ4v) is 1.69. The Kier molecular flexibility index (Phi) is 2.62. The van der Waals surface area contributed by atoms with Gasteiger partial charge >= 0.3 is 0 Å². The molecule has 0 aliphatic rings. The predicted octanol–water partition coefficient (Wildman–Crippen LogP) is 0.921. The maximum atomic E-state index is 12.8. The van der Waals surface area contributed by atoms with Crippen LogP contribution in [0.15, 0.2) is 9.63 Å². The van der Waals surface area contributed by atoms with Crippen molar-refractivity contribution in [3.8, 4) is 0 Å². The molecule has 0 unspecified atom stereocenters. The van der Waals surface area contributed by atoms with Crippen LogP contribution in [0.3, 0.4) is 0 Å². The molecular weight excluding hydrogens is 270 g/mol. The smallest absolute Gasteiger partial charge is 0.224 e. The van der Waals surface area contributed by atoms with E-state index in [-0.39, 0.29) is 4.73 Å². The highest BCUT2D eigenvalue weighted by Gasteiger charge is 2.22. The quantitative estimate of drug-likeness (QED) is 0.564. The summed E-state index contributed by atoms with van der Waals surface area (Å²) in [6.45, 7) is 0. The molecule has 0 spiro atoms. The van der Waals surface area contributed by atoms with Gasteiger partial charge in [0.2, 0.25) is 16.6 Å². The van der Waals surface area contributed by atoms with Gasteiger partial charge in [-0.15, -0.1) is 0 Å². The van der Waals surface area contributed by atoms with Crippen molar-refractivity contribution in [3.05, 3.63) is 16.6 Å². The molecule has 0 radical (unpaired) electrons. The first kappa shape index (κ1) is 10.5. The third kappa shape index (κ3) is 2.19. The third-order valence-electron chi connectivity index (χ3n) is 1.13. The monoisotopic (exact) mass is 272 g/mol. The van der Waals surface area contributed by atoms with Gasteiger partial charge in [-0.1, -0.05) is 0 Å². The van der Waals surface area contributed by atoms with Gasteiger partial charge in [0.1, 0.15) is 0 Å². The predicted molar refractivity (Wildman–Crippen MR) is 42.8 cm³/mol. The van der Waals surface area contributed by atoms with Crippen LogP contribution in [0.5, 0.6) is 0 Å². The average molecular weight is 273 g/mol. The van der Waals surface area contributed by atoms with Gasteiger partial charge in [0.25, 0.3) is 0 Å². The Morgan fingerprint density at radius 2 is 1.62 bits per heavy atom. The lowest BCUT2D eigenvalue weighted by Gasteiger charge is -2.00. The first-order valence-corrected chi connectivity index (χ1v) is 5.59. The molecule has 0 aliphatic heterocycles. The summed E-state index contributed by atoms with van der Waals surface area (Å²) in [5, 5.41) is 0. The molecule has 0 saturated carbocycles. The molecule has 8 heteroatoms. The Hall–Kier alpha value is -0.630. The SMILES string of the molecule is CS(=O)(=O)c1c(F)nc(Br)nc1F. The molecule has 0 bridgehead atoms. The Balaban J connectivity index is 3.57. The largest absolute Gasteiger partial charge is 0.238 e. The maximum absolute atomic E-state index is 12.8. The average Bonchev–Trinajstić information content (AvgIpc) is 1.78. The molecule has 1 rings (SSSR count). The Morgan fingerprint density at radius 1 is 1.23 bits per heavy atom. The Bertz CT molecular complexity index is 425. The Morgan fingerprint density at radius 3 is 1.92 bits per heavy atom. The van der Waals surface area contributed by atoms with Crippen molar-refractivity contribution in [2.24, 2.45) is 0 Å². The van der Waals surface area contributed by atoms with E-state index < -0.39 is 26.6 Å². The zero-order chi connectivity index (χ0) is 10.2. The van der Waals surface area contributed by atoms with E-state index in [1.54, 1.807) is 0 Å². The van der Waals surface area contributed by atoms with Gasteiger partial charge in [0, 0.05) is 6.26 Å². The number of hydrogen-bond donors (Lipinski definition) is 0. The number of halogens is 3. The van der Waals surface area contributed by atoms with Crippen molar-refractivity contribution in [3.63, 3.8) is 0 Å². The lowest BCUT2D eigenvalue weighted by Crippen LogP contribution is -2.08. The number of rotatable bonds is 1. The van der Waals surface area contributed by atoms with Crippen molar-refractivity contribution >= 4 is 25.8 Å². The van der Waals surface area contributed by atoms with Crippen LogP contribution in [0, 0.1) is 11.9 Å². The summed E-state index contributed by atoms with van der Waals surface area (Å²) >= 11 is 2.62. The summed E-state index contributed by atoms with van der Waals surface area (Å²) in [6.07, 6.45) is 0.672. The second kappa shape index (κ2) is 3.26. The number of nitrogens with zero attached hydrogens (tertiary/aromatic N) is 2. The van der Waals surface area contributed by atoms with Gasteiger partial charge in [0.15, 0.2) is 14.7 Å². The van der Waals surface area contributed by atoms with Crippen LogP contribution in [0.4, 0.5) is 8.78 Å². The highest BCUT2D eigenvalue weighted by atomic mass is 79.9. The molecule has 1 heterocycles. The van der Waals surface area contributed by atoms with Gasteiger partial charge in [-0.3, -0.25) is 0 Å². The van der Waals surface area contributed by atoms with Crippen LogP contribution >= 0.6 is 15.9 Å². The van der Waals surface area contributed by atoms with Crippen molar-refractivity contribution in [1.82, 2.24) is 9.97 Å². The number of aromatic nitrogens is 2. The van der Waals surface area contributed by atoms with E-state index in [0.717, 1.165) is 0 Å². The minimum Gasteiger partial charge on any atom is -0.224 e. The summed E-state index contributed by atoms with van der Waals surface area (Å²) in [6, 6.07) is 0. The van der Waals surface area contributed by atoms with Crippen LogP contribution in [-0.4, -0.2) is 24.6 Å². The van der Waals surface area contributed by atoms with E-state index in [4.69, 9.17) is 0 Å². The van der Waals surface area contributed by atoms with Crippen LogP contribution in [0.2, 0.25) is 0 Å². The molecule has 0 aliphatic carbocycles. The molecule has 72 valence electrons. The van der Waals surface area contributed by atoms with E-state index in [9.17, 15) is 17.2 Å². The molecule has 0 N–H and O–H groups in total. The zero-order valence-electron chi connectivity index (χ0n) is 6.25. The van der Waals surface area contributed by atoms with Crippen LogP contribution in [-0.2, 0) is 9.84 Å². The fourth-order valence-electron chi connectivity index (χ4n) is 0.680. The van der Waals surface area contributed by atoms with Gasteiger partial charge in [-0.05, 0) is 15.9 Å². The third-order valence-corrected chi connectivity index (χ3v) is 2.56. The van der Waals surface area contributed by atoms with Gasteiger partial charge in [-0.25, -0.2) is 8.42 Å². The van der Waals surface area contributed by atoms with E-state index in [1.165, 1.54) is 0 Å². The molecule has 0 amide bonds. The standard InChI is InChI=1S/C5H3BrF2N2O2S/c1-13(11,12)2-3(7)9-5(6)10-4(2)8/h1H3. The fraction of sp³-hybridized carbons (Fsp3) is 0.200. The molecule has 0 aromatic carbocycles. The molecule has 0 saturated heterocycles. The molecule has 0 atom stereocenters. The molecule has 4 nitrogen and oxygen atoms in total. The van der Waals surface area contributed by atoms with Crippen molar-refractivity contribution in [2.75, 3.05) is 6.26 Å². The van der Waals surface area contributed by atoms with Crippen LogP contribution in [0.1, 0.15) is 0 Å². The molecular formula is C5H3BrF2N2O2S. The van der Waals surface area contributed by atoms with Crippen molar-refractivity contribution in [1.29, 1.82) is 0 Å². The molecule has 0 fully saturated rings. The van der Waals surface area contributed by atoms with Crippen LogP contribution in [0.25, 0.3) is 0 Å². The summed E-state index contributed by atoms with van der Waals surface area (Å²) in [5.74, 6) is -2.80. The second-order valence-corrected chi connectivity index (χ2v) is 4.84. The van der Waals surface area contributed by atoms with Crippen molar-refractivity contribution < 1.29 is 17.2 Å². The first-order chi connectivity index (χ1) is 5.82. The first-order valence-electron chi connectivity index (χ1n) is 2.91. The summed E-state index contributed by atoms with van der Waals surface area (Å²) in [5.41, 5.74) is 0. The Labute approximate surface area is 81.1 Å². The minimum atomic E-state index is -3.98. The maximum Gasteiger partial charge on any atom is 0.238 e. The van der Waals surface area contributed by atoms with Crippen LogP contribution < -0.4 is 0 Å². The molecule has 1 aromatic heterocycles. The lowest BCUT2D eigenvalue weighted by molar-refractivity contribution is 0.465. The lowest BCUT2D eigenvalue weighted by atomic mass is 10.6. The topological polar surface area (TPSA) is 59.9 Å². The number of hydrogen-bond acceptors (Lipinski definition) is 4. The van der Waals surface area contributed by atoms with E-state index in [0.29, 0.717) is 6.26 Å². The summed E-state index contributed by atoms with van der Waals surface area (Å²) in [4.78, 5) is 4.93. The van der Waals surface area contributed by atoms with Gasteiger partial charge in [0.05, 0.1) is 0 Å². The summed E-state index contributed by atoms with van der Waals surface area (Å²) < 4.78 is 46.9. The normalized spacial score (nSPS) is 11.7. The van der Waals surface area contributed by atoms with Gasteiger partial charge < -0.3 is 0 Å². The highest BCUT2D eigenvalue weighted by molar-refractivity contribution is 9.10. The summed E-state index contributed by atoms with van der Waals surface area (Å²) in [7, 11) is -3.98. The van der Waals surface area contributed by atoms with Crippen molar-refractivity contribution in [2.45, 2.75) is 4.90 Å².